The molecule has 5 rings (SSSR count). The number of carbonyl (C=O) groups is 2. The quantitative estimate of drug-likeness (QED) is 0.223. The Labute approximate surface area is 197 Å². The van der Waals surface area contributed by atoms with Crippen LogP contribution in [0.3, 0.4) is 0 Å². The number of fused-ring (bicyclic) bond motifs is 3. The summed E-state index contributed by atoms with van der Waals surface area (Å²) in [6.07, 6.45) is 0. The van der Waals surface area contributed by atoms with Gasteiger partial charge in [0.2, 0.25) is 0 Å². The number of rotatable bonds is 4. The number of hydrogen-bond donors (Lipinski definition) is 0. The summed E-state index contributed by atoms with van der Waals surface area (Å²) in [6, 6.07) is 31.5. The summed E-state index contributed by atoms with van der Waals surface area (Å²) in [5.74, 6) is -0.791. The van der Waals surface area contributed by atoms with E-state index in [1.165, 1.54) is 14.2 Å². The third-order valence-electron chi connectivity index (χ3n) is 6.09. The van der Waals surface area contributed by atoms with Crippen molar-refractivity contribution in [2.45, 2.75) is 0 Å². The molecular weight excluding hydrogens is 424 g/mol. The lowest BCUT2D eigenvalue weighted by Crippen LogP contribution is -2.03. The highest BCUT2D eigenvalue weighted by Gasteiger charge is 2.20. The van der Waals surface area contributed by atoms with E-state index in [4.69, 9.17) is 9.47 Å². The molecule has 0 saturated carbocycles. The Morgan fingerprint density at radius 1 is 0.500 bits per heavy atom. The van der Waals surface area contributed by atoms with Crippen LogP contribution in [0.5, 0.6) is 0 Å². The van der Waals surface area contributed by atoms with Gasteiger partial charge in [0.1, 0.15) is 0 Å². The molecule has 0 atom stereocenters. The Hall–Kier alpha value is -4.44. The lowest BCUT2D eigenvalue weighted by molar-refractivity contribution is 0.0592. The van der Waals surface area contributed by atoms with Gasteiger partial charge in [-0.1, -0.05) is 72.8 Å². The van der Waals surface area contributed by atoms with Crippen LogP contribution in [0, 0.1) is 0 Å². The van der Waals surface area contributed by atoms with Gasteiger partial charge in [0.05, 0.1) is 25.3 Å². The fourth-order valence-electron chi connectivity index (χ4n) is 4.54. The van der Waals surface area contributed by atoms with Crippen molar-refractivity contribution >= 4 is 33.5 Å². The van der Waals surface area contributed by atoms with Crippen LogP contribution in [-0.2, 0) is 9.47 Å². The third kappa shape index (κ3) is 3.59. The first kappa shape index (κ1) is 21.4. The highest BCUT2D eigenvalue weighted by molar-refractivity contribution is 6.23. The Kier molecular flexibility index (Phi) is 5.56. The molecule has 0 heterocycles. The molecule has 166 valence electrons. The van der Waals surface area contributed by atoms with Gasteiger partial charge >= 0.3 is 11.9 Å². The van der Waals surface area contributed by atoms with Crippen LogP contribution in [0.2, 0.25) is 0 Å². The number of esters is 2. The summed E-state index contributed by atoms with van der Waals surface area (Å²) in [6.45, 7) is 0. The second-order valence-corrected chi connectivity index (χ2v) is 7.99. The van der Waals surface area contributed by atoms with Crippen molar-refractivity contribution in [3.63, 3.8) is 0 Å². The highest BCUT2D eigenvalue weighted by atomic mass is 16.5. The lowest BCUT2D eigenvalue weighted by Gasteiger charge is -2.19. The fourth-order valence-corrected chi connectivity index (χ4v) is 4.54. The summed E-state index contributed by atoms with van der Waals surface area (Å²) in [7, 11) is 2.75. The molecule has 5 aromatic carbocycles. The molecule has 34 heavy (non-hydrogen) atoms. The summed E-state index contributed by atoms with van der Waals surface area (Å²) >= 11 is 0. The molecular formula is C30H22O4. The van der Waals surface area contributed by atoms with E-state index < -0.39 is 11.9 Å². The zero-order valence-electron chi connectivity index (χ0n) is 18.9. The van der Waals surface area contributed by atoms with Gasteiger partial charge in [0, 0.05) is 0 Å². The smallest absolute Gasteiger partial charge is 0.337 e. The monoisotopic (exact) mass is 446 g/mol. The molecule has 0 amide bonds. The van der Waals surface area contributed by atoms with Crippen LogP contribution in [0.15, 0.2) is 97.1 Å². The lowest BCUT2D eigenvalue weighted by atomic mass is 9.84. The molecule has 0 aliphatic carbocycles. The molecule has 0 saturated heterocycles. The van der Waals surface area contributed by atoms with Crippen molar-refractivity contribution in [1.82, 2.24) is 0 Å². The van der Waals surface area contributed by atoms with E-state index in [9.17, 15) is 9.59 Å². The van der Waals surface area contributed by atoms with E-state index in [0.717, 1.165) is 43.8 Å². The molecule has 4 nitrogen and oxygen atoms in total. The fraction of sp³-hybridized carbons (Fsp3) is 0.0667. The molecule has 0 bridgehead atoms. The summed E-state index contributed by atoms with van der Waals surface area (Å²) in [4.78, 5) is 24.8. The van der Waals surface area contributed by atoms with Gasteiger partial charge in [-0.15, -0.1) is 0 Å². The molecule has 0 N–H and O–H groups in total. The minimum Gasteiger partial charge on any atom is -0.465 e. The largest absolute Gasteiger partial charge is 0.465 e. The molecule has 0 aliphatic rings. The third-order valence-corrected chi connectivity index (χ3v) is 6.09. The standard InChI is InChI=1S/C30H22O4/c1-33-29(31)21-14-16-24-25(17-21)23-15-13-22(30(32)34-2)18-26(23)28(20-11-7-4-8-12-20)27(24)19-9-5-3-6-10-19/h3-18H,1-2H3. The predicted octanol–water partition coefficient (Wildman–Crippen LogP) is 6.90. The van der Waals surface area contributed by atoms with Crippen LogP contribution < -0.4 is 0 Å². The molecule has 0 aliphatic heterocycles. The summed E-state index contributed by atoms with van der Waals surface area (Å²) < 4.78 is 9.97. The summed E-state index contributed by atoms with van der Waals surface area (Å²) in [5, 5.41) is 3.76. The Balaban J connectivity index is 2.01. The van der Waals surface area contributed by atoms with Crippen LogP contribution >= 0.6 is 0 Å². The van der Waals surface area contributed by atoms with Crippen molar-refractivity contribution in [2.24, 2.45) is 0 Å². The number of hydrogen-bond acceptors (Lipinski definition) is 4. The van der Waals surface area contributed by atoms with Gasteiger partial charge in [-0.2, -0.15) is 0 Å². The van der Waals surface area contributed by atoms with Gasteiger partial charge in [0.15, 0.2) is 0 Å². The summed E-state index contributed by atoms with van der Waals surface area (Å²) in [5.41, 5.74) is 5.07. The minimum atomic E-state index is -0.398. The van der Waals surface area contributed by atoms with Crippen LogP contribution in [0.1, 0.15) is 20.7 Å². The van der Waals surface area contributed by atoms with Gasteiger partial charge in [0.25, 0.3) is 0 Å². The molecule has 0 unspecified atom stereocenters. The van der Waals surface area contributed by atoms with Crippen molar-refractivity contribution in [1.29, 1.82) is 0 Å². The Morgan fingerprint density at radius 2 is 0.941 bits per heavy atom. The minimum absolute atomic E-state index is 0.394. The maximum absolute atomic E-state index is 12.4. The second kappa shape index (κ2) is 8.83. The first-order valence-corrected chi connectivity index (χ1v) is 10.9. The van der Waals surface area contributed by atoms with E-state index >= 15 is 0 Å². The maximum atomic E-state index is 12.4. The van der Waals surface area contributed by atoms with Crippen molar-refractivity contribution in [2.75, 3.05) is 14.2 Å². The molecule has 0 aromatic heterocycles. The highest BCUT2D eigenvalue weighted by Crippen LogP contribution is 2.45. The van der Waals surface area contributed by atoms with Crippen LogP contribution in [0.4, 0.5) is 0 Å². The second-order valence-electron chi connectivity index (χ2n) is 7.99. The van der Waals surface area contributed by atoms with Crippen molar-refractivity contribution in [3.05, 3.63) is 108 Å². The van der Waals surface area contributed by atoms with E-state index in [2.05, 4.69) is 24.3 Å². The Bertz CT molecular complexity index is 1540. The molecule has 0 spiro atoms. The SMILES string of the molecule is COC(=O)c1ccc2c(c1)c(-c1ccccc1)c(-c1ccccc1)c1ccc(C(=O)OC)cc12. The van der Waals surface area contributed by atoms with Gasteiger partial charge in [-0.3, -0.25) is 0 Å². The average molecular weight is 447 g/mol. The number of methoxy groups -OCH3 is 2. The van der Waals surface area contributed by atoms with Crippen LogP contribution in [0.25, 0.3) is 43.8 Å². The first-order valence-electron chi connectivity index (χ1n) is 10.9. The number of ether oxygens (including phenoxy) is 2. The normalized spacial score (nSPS) is 10.9. The van der Waals surface area contributed by atoms with Gasteiger partial charge in [-0.25, -0.2) is 9.59 Å². The van der Waals surface area contributed by atoms with E-state index in [1.807, 2.05) is 60.7 Å². The predicted molar refractivity (Wildman–Crippen MR) is 135 cm³/mol. The molecule has 5 aromatic rings. The number of benzene rings is 5. The zero-order valence-corrected chi connectivity index (χ0v) is 18.9. The number of carbonyl (C=O) groups excluding carboxylic acids is 2. The zero-order chi connectivity index (χ0) is 23.7. The van der Waals surface area contributed by atoms with Gasteiger partial charge < -0.3 is 9.47 Å². The maximum Gasteiger partial charge on any atom is 0.337 e. The van der Waals surface area contributed by atoms with E-state index in [1.54, 1.807) is 12.1 Å². The van der Waals surface area contributed by atoms with Crippen molar-refractivity contribution < 1.29 is 19.1 Å². The van der Waals surface area contributed by atoms with Crippen LogP contribution in [-0.4, -0.2) is 26.2 Å². The van der Waals surface area contributed by atoms with Crippen molar-refractivity contribution in [3.8, 4) is 22.3 Å². The molecule has 0 fully saturated rings. The Morgan fingerprint density at radius 3 is 1.44 bits per heavy atom. The molecule has 0 radical (unpaired) electrons. The topological polar surface area (TPSA) is 52.6 Å². The molecule has 4 heteroatoms. The first-order chi connectivity index (χ1) is 16.6. The van der Waals surface area contributed by atoms with E-state index in [-0.39, 0.29) is 0 Å². The van der Waals surface area contributed by atoms with E-state index in [0.29, 0.717) is 11.1 Å². The van der Waals surface area contributed by atoms with Gasteiger partial charge in [-0.05, 0) is 68.1 Å². The average Bonchev–Trinajstić information content (AvgIpc) is 2.91.